The molecule has 0 amide bonds. The Morgan fingerprint density at radius 3 is 2.43 bits per heavy atom. The Morgan fingerprint density at radius 2 is 1.73 bits per heavy atom. The molecule has 1 saturated carbocycles. The summed E-state index contributed by atoms with van der Waals surface area (Å²) in [4.78, 5) is 9.10. The number of rotatable bonds is 5. The van der Waals surface area contributed by atoms with Crippen LogP contribution in [0.1, 0.15) is 30.0 Å². The predicted octanol–water partition coefficient (Wildman–Crippen LogP) is 4.21. The Labute approximate surface area is 182 Å². The van der Waals surface area contributed by atoms with E-state index in [4.69, 9.17) is 17.3 Å². The molecule has 7 heteroatoms. The molecule has 0 bridgehead atoms. The summed E-state index contributed by atoms with van der Waals surface area (Å²) in [7, 11) is 0. The van der Waals surface area contributed by atoms with Gasteiger partial charge in [-0.05, 0) is 68.2 Å². The minimum Gasteiger partial charge on any atom is -0.369 e. The van der Waals surface area contributed by atoms with Crippen LogP contribution in [0.2, 0.25) is 0 Å². The van der Waals surface area contributed by atoms with Crippen molar-refractivity contribution >= 4 is 17.9 Å². The van der Waals surface area contributed by atoms with Crippen molar-refractivity contribution in [1.82, 2.24) is 24.2 Å². The van der Waals surface area contributed by atoms with Gasteiger partial charge in [0.05, 0.1) is 6.67 Å². The second-order valence-electron chi connectivity index (χ2n) is 8.41. The maximum atomic E-state index is 5.84. The third-order valence-corrected chi connectivity index (χ3v) is 6.75. The predicted molar refractivity (Wildman–Crippen MR) is 122 cm³/mol. The molecule has 1 saturated heterocycles. The third-order valence-electron chi connectivity index (χ3n) is 6.34. The summed E-state index contributed by atoms with van der Waals surface area (Å²) in [6, 6.07) is 11.1. The van der Waals surface area contributed by atoms with E-state index in [0.29, 0.717) is 6.04 Å². The van der Waals surface area contributed by atoms with Crippen LogP contribution in [-0.2, 0) is 6.67 Å². The number of hydrogen-bond donors (Lipinski definition) is 0. The molecule has 30 heavy (non-hydrogen) atoms. The molecule has 2 aromatic heterocycles. The van der Waals surface area contributed by atoms with Crippen LogP contribution in [0, 0.1) is 18.6 Å². The zero-order valence-electron chi connectivity index (χ0n) is 17.7. The number of piperazine rings is 1. The monoisotopic (exact) mass is 420 g/mol. The van der Waals surface area contributed by atoms with E-state index in [9.17, 15) is 0 Å². The minimum atomic E-state index is 0.496. The van der Waals surface area contributed by atoms with E-state index in [2.05, 4.69) is 51.4 Å². The summed E-state index contributed by atoms with van der Waals surface area (Å²) >= 11 is 5.84. The smallest absolute Gasteiger partial charge is 0.199 e. The number of benzene rings is 1. The fourth-order valence-electron chi connectivity index (χ4n) is 4.27. The molecule has 3 aromatic rings. The van der Waals surface area contributed by atoms with Gasteiger partial charge in [0.2, 0.25) is 0 Å². The third kappa shape index (κ3) is 3.68. The topological polar surface area (TPSA) is 42.1 Å². The summed E-state index contributed by atoms with van der Waals surface area (Å²) in [6.45, 7) is 9.23. The molecule has 3 heterocycles. The standard InChI is InChI=1S/C23H28N6S/c1-17-4-3-5-21(18(17)2)27-14-12-26(13-15-27)16-28-23(30)29(20-6-7-20)22(25-28)19-8-10-24-11-9-19/h3-5,8-11,20H,6-7,12-16H2,1-2H3. The van der Waals surface area contributed by atoms with Gasteiger partial charge < -0.3 is 4.90 Å². The van der Waals surface area contributed by atoms with E-state index in [0.717, 1.165) is 49.0 Å². The lowest BCUT2D eigenvalue weighted by Gasteiger charge is -2.36. The Hall–Kier alpha value is -2.51. The number of aromatic nitrogens is 4. The Balaban J connectivity index is 1.33. The molecule has 5 rings (SSSR count). The SMILES string of the molecule is Cc1cccc(N2CCN(Cn3nc(-c4ccncc4)n(C4CC4)c3=S)CC2)c1C. The van der Waals surface area contributed by atoms with Crippen molar-refractivity contribution in [2.45, 2.75) is 39.4 Å². The van der Waals surface area contributed by atoms with Gasteiger partial charge in [0.15, 0.2) is 10.6 Å². The first-order chi connectivity index (χ1) is 14.6. The number of pyridine rings is 1. The van der Waals surface area contributed by atoms with Gasteiger partial charge in [-0.15, -0.1) is 0 Å². The molecule has 1 aromatic carbocycles. The summed E-state index contributed by atoms with van der Waals surface area (Å²) in [5.74, 6) is 0.971. The van der Waals surface area contributed by atoms with Gasteiger partial charge in [-0.3, -0.25) is 14.5 Å². The lowest BCUT2D eigenvalue weighted by Crippen LogP contribution is -2.47. The molecule has 0 unspecified atom stereocenters. The van der Waals surface area contributed by atoms with E-state index < -0.39 is 0 Å². The highest BCUT2D eigenvalue weighted by Gasteiger charge is 2.29. The maximum Gasteiger partial charge on any atom is 0.199 e. The fourth-order valence-corrected chi connectivity index (χ4v) is 4.60. The van der Waals surface area contributed by atoms with Crippen molar-refractivity contribution < 1.29 is 0 Å². The highest BCUT2D eigenvalue weighted by Crippen LogP contribution is 2.38. The van der Waals surface area contributed by atoms with Gasteiger partial charge in [0, 0.05) is 55.9 Å². The molecule has 6 nitrogen and oxygen atoms in total. The zero-order valence-corrected chi connectivity index (χ0v) is 18.5. The summed E-state index contributed by atoms with van der Waals surface area (Å²) < 4.78 is 5.09. The highest BCUT2D eigenvalue weighted by atomic mass is 32.1. The Kier molecular flexibility index (Phi) is 5.16. The number of anilines is 1. The van der Waals surface area contributed by atoms with Gasteiger partial charge in [-0.25, -0.2) is 4.68 Å². The number of nitrogens with zero attached hydrogens (tertiary/aromatic N) is 6. The van der Waals surface area contributed by atoms with Gasteiger partial charge >= 0.3 is 0 Å². The zero-order chi connectivity index (χ0) is 20.7. The van der Waals surface area contributed by atoms with Crippen molar-refractivity contribution in [3.63, 3.8) is 0 Å². The summed E-state index contributed by atoms with van der Waals surface area (Å²) in [5, 5.41) is 4.93. The van der Waals surface area contributed by atoms with Crippen LogP contribution < -0.4 is 4.90 Å². The molecule has 0 N–H and O–H groups in total. The van der Waals surface area contributed by atoms with Crippen molar-refractivity contribution in [3.8, 4) is 11.4 Å². The van der Waals surface area contributed by atoms with Crippen LogP contribution in [0.15, 0.2) is 42.7 Å². The second-order valence-corrected chi connectivity index (χ2v) is 8.77. The molecular formula is C23H28N6S. The van der Waals surface area contributed by atoms with Crippen LogP contribution in [0.3, 0.4) is 0 Å². The highest BCUT2D eigenvalue weighted by molar-refractivity contribution is 7.71. The lowest BCUT2D eigenvalue weighted by molar-refractivity contribution is 0.194. The lowest BCUT2D eigenvalue weighted by atomic mass is 10.1. The average molecular weight is 421 g/mol. The Bertz CT molecular complexity index is 1090. The molecule has 1 aliphatic heterocycles. The van der Waals surface area contributed by atoms with Crippen LogP contribution in [0.25, 0.3) is 11.4 Å². The Morgan fingerprint density at radius 1 is 1.00 bits per heavy atom. The van der Waals surface area contributed by atoms with Gasteiger partial charge in [0.1, 0.15) is 0 Å². The summed E-state index contributed by atoms with van der Waals surface area (Å²) in [6.07, 6.45) is 6.02. The van der Waals surface area contributed by atoms with Crippen LogP contribution >= 0.6 is 12.2 Å². The van der Waals surface area contributed by atoms with Gasteiger partial charge in [-0.1, -0.05) is 12.1 Å². The van der Waals surface area contributed by atoms with E-state index in [1.807, 2.05) is 29.2 Å². The fraction of sp³-hybridized carbons (Fsp3) is 0.435. The first kappa shape index (κ1) is 19.5. The van der Waals surface area contributed by atoms with Gasteiger partial charge in [-0.2, -0.15) is 5.10 Å². The van der Waals surface area contributed by atoms with Crippen molar-refractivity contribution in [1.29, 1.82) is 0 Å². The van der Waals surface area contributed by atoms with E-state index in [-0.39, 0.29) is 0 Å². The van der Waals surface area contributed by atoms with Crippen LogP contribution in [-0.4, -0.2) is 50.4 Å². The number of aryl methyl sites for hydroxylation is 1. The van der Waals surface area contributed by atoms with Crippen molar-refractivity contribution in [3.05, 3.63) is 58.6 Å². The van der Waals surface area contributed by atoms with Gasteiger partial charge in [0.25, 0.3) is 0 Å². The molecule has 0 spiro atoms. The largest absolute Gasteiger partial charge is 0.369 e. The molecule has 1 aliphatic carbocycles. The first-order valence-electron chi connectivity index (χ1n) is 10.7. The molecule has 0 radical (unpaired) electrons. The first-order valence-corrected chi connectivity index (χ1v) is 11.2. The minimum absolute atomic E-state index is 0.496. The maximum absolute atomic E-state index is 5.84. The van der Waals surface area contributed by atoms with E-state index in [1.54, 1.807) is 0 Å². The van der Waals surface area contributed by atoms with Crippen molar-refractivity contribution in [2.24, 2.45) is 0 Å². The van der Waals surface area contributed by atoms with Crippen molar-refractivity contribution in [2.75, 3.05) is 31.1 Å². The number of hydrogen-bond acceptors (Lipinski definition) is 5. The quantitative estimate of drug-likeness (QED) is 0.579. The molecule has 156 valence electrons. The summed E-state index contributed by atoms with van der Waals surface area (Å²) in [5.41, 5.74) is 5.19. The molecule has 2 fully saturated rings. The normalized spacial score (nSPS) is 17.5. The second kappa shape index (κ2) is 7.96. The molecule has 2 aliphatic rings. The van der Waals surface area contributed by atoms with E-state index >= 15 is 0 Å². The van der Waals surface area contributed by atoms with E-state index in [1.165, 1.54) is 29.7 Å². The average Bonchev–Trinajstić information content (AvgIpc) is 3.56. The van der Waals surface area contributed by atoms with Crippen LogP contribution in [0.5, 0.6) is 0 Å². The molecule has 0 atom stereocenters. The van der Waals surface area contributed by atoms with Crippen LogP contribution in [0.4, 0.5) is 5.69 Å². The molecular weight excluding hydrogens is 392 g/mol.